The van der Waals surface area contributed by atoms with Gasteiger partial charge < -0.3 is 4.90 Å². The van der Waals surface area contributed by atoms with E-state index in [0.29, 0.717) is 18.9 Å². The van der Waals surface area contributed by atoms with Crippen LogP contribution in [0.3, 0.4) is 0 Å². The van der Waals surface area contributed by atoms with Gasteiger partial charge >= 0.3 is 0 Å². The van der Waals surface area contributed by atoms with Gasteiger partial charge in [0.15, 0.2) is 0 Å². The Kier molecular flexibility index (Phi) is 4.34. The number of halogens is 1. The number of carbonyl (C=O) groups is 1. The second kappa shape index (κ2) is 5.98. The van der Waals surface area contributed by atoms with Crippen LogP contribution in [0.5, 0.6) is 0 Å². The average molecular weight is 249 g/mol. The van der Waals surface area contributed by atoms with Crippen molar-refractivity contribution in [1.82, 2.24) is 4.90 Å². The zero-order valence-electron chi connectivity index (χ0n) is 10.9. The summed E-state index contributed by atoms with van der Waals surface area (Å²) < 4.78 is 13.0. The fraction of sp³-hybridized carbons (Fsp3) is 0.533. The van der Waals surface area contributed by atoms with Gasteiger partial charge in [-0.25, -0.2) is 4.39 Å². The first-order valence-corrected chi connectivity index (χ1v) is 6.74. The predicted molar refractivity (Wildman–Crippen MR) is 69.7 cm³/mol. The van der Waals surface area contributed by atoms with E-state index in [-0.39, 0.29) is 11.7 Å². The molecule has 1 aliphatic rings. The van der Waals surface area contributed by atoms with Crippen molar-refractivity contribution in [2.45, 2.75) is 45.1 Å². The van der Waals surface area contributed by atoms with Crippen LogP contribution in [0, 0.1) is 5.82 Å². The summed E-state index contributed by atoms with van der Waals surface area (Å²) in [6.07, 6.45) is 4.39. The van der Waals surface area contributed by atoms with Gasteiger partial charge in [-0.2, -0.15) is 0 Å². The molecule has 18 heavy (non-hydrogen) atoms. The summed E-state index contributed by atoms with van der Waals surface area (Å²) in [7, 11) is 0. The Morgan fingerprint density at radius 3 is 3.06 bits per heavy atom. The summed E-state index contributed by atoms with van der Waals surface area (Å²) >= 11 is 0. The van der Waals surface area contributed by atoms with Gasteiger partial charge in [-0.3, -0.25) is 4.79 Å². The summed E-state index contributed by atoms with van der Waals surface area (Å²) in [5, 5.41) is 0. The molecule has 2 nitrogen and oxygen atoms in total. The first-order valence-electron chi connectivity index (χ1n) is 6.74. The number of rotatable bonds is 4. The van der Waals surface area contributed by atoms with Crippen LogP contribution in [-0.4, -0.2) is 23.4 Å². The number of hydrogen-bond donors (Lipinski definition) is 0. The fourth-order valence-electron chi connectivity index (χ4n) is 2.68. The Morgan fingerprint density at radius 2 is 2.33 bits per heavy atom. The smallest absolute Gasteiger partial charge is 0.223 e. The Hall–Kier alpha value is -1.38. The third-order valence-electron chi connectivity index (χ3n) is 3.69. The molecule has 0 saturated carbocycles. The standard InChI is InChI=1S/C15H20FNO/c1-2-14-7-4-10-17(14)15(18)9-8-12-5-3-6-13(16)11-12/h3,5-6,11,14H,2,4,7-10H2,1H3. The van der Waals surface area contributed by atoms with Gasteiger partial charge in [0, 0.05) is 19.0 Å². The van der Waals surface area contributed by atoms with Gasteiger partial charge in [-0.15, -0.1) is 0 Å². The highest BCUT2D eigenvalue weighted by Gasteiger charge is 2.26. The van der Waals surface area contributed by atoms with Gasteiger partial charge in [-0.05, 0) is 43.4 Å². The minimum Gasteiger partial charge on any atom is -0.340 e. The first-order chi connectivity index (χ1) is 8.70. The minimum absolute atomic E-state index is 0.212. The molecule has 1 atom stereocenters. The highest BCUT2D eigenvalue weighted by molar-refractivity contribution is 5.77. The van der Waals surface area contributed by atoms with Crippen LogP contribution in [-0.2, 0) is 11.2 Å². The topological polar surface area (TPSA) is 20.3 Å². The second-order valence-electron chi connectivity index (χ2n) is 4.92. The normalized spacial score (nSPS) is 19.2. The lowest BCUT2D eigenvalue weighted by Crippen LogP contribution is -2.35. The molecule has 1 aromatic rings. The molecule has 1 amide bonds. The Bertz CT molecular complexity index is 419. The molecule has 0 bridgehead atoms. The molecule has 98 valence electrons. The third-order valence-corrected chi connectivity index (χ3v) is 3.69. The molecule has 0 aliphatic carbocycles. The van der Waals surface area contributed by atoms with Crippen LogP contribution in [0.4, 0.5) is 4.39 Å². The molecule has 0 spiro atoms. The zero-order chi connectivity index (χ0) is 13.0. The number of aryl methyl sites for hydroxylation is 1. The van der Waals surface area contributed by atoms with E-state index in [9.17, 15) is 9.18 Å². The monoisotopic (exact) mass is 249 g/mol. The molecular formula is C15H20FNO. The predicted octanol–water partition coefficient (Wildman–Crippen LogP) is 3.16. The third kappa shape index (κ3) is 3.09. The minimum atomic E-state index is -0.229. The van der Waals surface area contributed by atoms with E-state index >= 15 is 0 Å². The largest absolute Gasteiger partial charge is 0.340 e. The number of carbonyl (C=O) groups excluding carboxylic acids is 1. The van der Waals surface area contributed by atoms with E-state index < -0.39 is 0 Å². The van der Waals surface area contributed by atoms with Gasteiger partial charge in [0.05, 0.1) is 0 Å². The summed E-state index contributed by atoms with van der Waals surface area (Å²) in [4.78, 5) is 14.1. The van der Waals surface area contributed by atoms with E-state index in [1.165, 1.54) is 12.1 Å². The van der Waals surface area contributed by atoms with Gasteiger partial charge in [0.2, 0.25) is 5.91 Å². The molecule has 3 heteroatoms. The number of amides is 1. The fourth-order valence-corrected chi connectivity index (χ4v) is 2.68. The quantitative estimate of drug-likeness (QED) is 0.802. The van der Waals surface area contributed by atoms with Crippen LogP contribution >= 0.6 is 0 Å². The van der Waals surface area contributed by atoms with Crippen LogP contribution < -0.4 is 0 Å². The highest BCUT2D eigenvalue weighted by Crippen LogP contribution is 2.21. The van der Waals surface area contributed by atoms with Gasteiger partial charge in [-0.1, -0.05) is 19.1 Å². The lowest BCUT2D eigenvalue weighted by atomic mass is 10.1. The summed E-state index contributed by atoms with van der Waals surface area (Å²) in [6.45, 7) is 3.02. The number of likely N-dealkylation sites (tertiary alicyclic amines) is 1. The summed E-state index contributed by atoms with van der Waals surface area (Å²) in [5.41, 5.74) is 0.899. The number of hydrogen-bond acceptors (Lipinski definition) is 1. The van der Waals surface area contributed by atoms with Crippen LogP contribution in [0.2, 0.25) is 0 Å². The van der Waals surface area contributed by atoms with Crippen molar-refractivity contribution >= 4 is 5.91 Å². The maximum atomic E-state index is 13.0. The molecule has 1 saturated heterocycles. The molecule has 1 fully saturated rings. The highest BCUT2D eigenvalue weighted by atomic mass is 19.1. The lowest BCUT2D eigenvalue weighted by molar-refractivity contribution is -0.132. The molecule has 0 radical (unpaired) electrons. The SMILES string of the molecule is CCC1CCCN1C(=O)CCc1cccc(F)c1. The van der Waals surface area contributed by atoms with E-state index in [1.54, 1.807) is 6.07 Å². The van der Waals surface area contributed by atoms with Crippen molar-refractivity contribution in [2.75, 3.05) is 6.54 Å². The van der Waals surface area contributed by atoms with Gasteiger partial charge in [0.1, 0.15) is 5.82 Å². The molecule has 1 aliphatic heterocycles. The number of nitrogens with zero attached hydrogens (tertiary/aromatic N) is 1. The van der Waals surface area contributed by atoms with Crippen molar-refractivity contribution < 1.29 is 9.18 Å². The Labute approximate surface area is 108 Å². The molecule has 1 unspecified atom stereocenters. The Morgan fingerprint density at radius 1 is 1.50 bits per heavy atom. The number of benzene rings is 1. The van der Waals surface area contributed by atoms with Crippen molar-refractivity contribution in [3.8, 4) is 0 Å². The maximum absolute atomic E-state index is 13.0. The van der Waals surface area contributed by atoms with Gasteiger partial charge in [0.25, 0.3) is 0 Å². The van der Waals surface area contributed by atoms with Crippen LogP contribution in [0.15, 0.2) is 24.3 Å². The molecular weight excluding hydrogens is 229 g/mol. The van der Waals surface area contributed by atoms with Crippen molar-refractivity contribution in [3.63, 3.8) is 0 Å². The Balaban J connectivity index is 1.88. The van der Waals surface area contributed by atoms with E-state index in [1.807, 2.05) is 11.0 Å². The lowest BCUT2D eigenvalue weighted by Gasteiger charge is -2.23. The van der Waals surface area contributed by atoms with E-state index in [4.69, 9.17) is 0 Å². The molecule has 1 aromatic carbocycles. The average Bonchev–Trinajstić information content (AvgIpc) is 2.84. The zero-order valence-corrected chi connectivity index (χ0v) is 10.9. The molecule has 1 heterocycles. The maximum Gasteiger partial charge on any atom is 0.223 e. The van der Waals surface area contributed by atoms with Crippen LogP contribution in [0.1, 0.15) is 38.2 Å². The van der Waals surface area contributed by atoms with Crippen molar-refractivity contribution in [3.05, 3.63) is 35.6 Å². The van der Waals surface area contributed by atoms with E-state index in [2.05, 4.69) is 6.92 Å². The van der Waals surface area contributed by atoms with Crippen LogP contribution in [0.25, 0.3) is 0 Å². The summed E-state index contributed by atoms with van der Waals surface area (Å²) in [6, 6.07) is 6.93. The molecule has 0 aromatic heterocycles. The second-order valence-corrected chi connectivity index (χ2v) is 4.92. The molecule has 0 N–H and O–H groups in total. The van der Waals surface area contributed by atoms with E-state index in [0.717, 1.165) is 31.4 Å². The van der Waals surface area contributed by atoms with Crippen molar-refractivity contribution in [2.24, 2.45) is 0 Å². The molecule has 2 rings (SSSR count). The van der Waals surface area contributed by atoms with Crippen molar-refractivity contribution in [1.29, 1.82) is 0 Å². The summed E-state index contributed by atoms with van der Waals surface area (Å²) in [5.74, 6) is -0.0174. The first kappa shape index (κ1) is 13.1.